The fourth-order valence-corrected chi connectivity index (χ4v) is 2.43. The Balaban J connectivity index is 0.00000256. The number of nitrogens with zero attached hydrogens (tertiary/aromatic N) is 2. The zero-order valence-electron chi connectivity index (χ0n) is 10.0. The highest BCUT2D eigenvalue weighted by Gasteiger charge is 2.16. The zero-order chi connectivity index (χ0) is 12.0. The predicted molar refractivity (Wildman–Crippen MR) is 68.8 cm³/mol. The molecule has 1 aromatic rings. The molecule has 6 nitrogen and oxygen atoms in total. The second-order valence-electron chi connectivity index (χ2n) is 3.44. The molecule has 0 aliphatic carbocycles. The van der Waals surface area contributed by atoms with Crippen LogP contribution in [0, 0.1) is 0 Å². The number of sulfonamides is 1. The molecule has 0 aromatic carbocycles. The van der Waals surface area contributed by atoms with Crippen LogP contribution in [0.1, 0.15) is 13.3 Å². The van der Waals surface area contributed by atoms with E-state index in [4.69, 9.17) is 0 Å². The van der Waals surface area contributed by atoms with Crippen LogP contribution < -0.4 is 10.0 Å². The van der Waals surface area contributed by atoms with Gasteiger partial charge in [0.2, 0.25) is 0 Å². The van der Waals surface area contributed by atoms with Crippen LogP contribution in [-0.2, 0) is 17.1 Å². The van der Waals surface area contributed by atoms with E-state index in [-0.39, 0.29) is 17.4 Å². The van der Waals surface area contributed by atoms with Crippen molar-refractivity contribution in [1.82, 2.24) is 19.8 Å². The molecule has 100 valence electrons. The van der Waals surface area contributed by atoms with E-state index in [0.717, 1.165) is 13.0 Å². The summed E-state index contributed by atoms with van der Waals surface area (Å²) >= 11 is 0. The standard InChI is InChI=1S/C9H18N4O2S.ClH/c1-3-5-10-7-8-12-16(14,15)9-4-6-11-13(9)2;/h4,6,10,12H,3,5,7-8H2,1-2H3;1H. The second-order valence-corrected chi connectivity index (χ2v) is 5.15. The van der Waals surface area contributed by atoms with Crippen LogP contribution in [0.4, 0.5) is 0 Å². The number of aryl methyl sites for hydroxylation is 1. The summed E-state index contributed by atoms with van der Waals surface area (Å²) in [7, 11) is -1.82. The Bertz CT molecular complexity index is 418. The molecule has 2 N–H and O–H groups in total. The quantitative estimate of drug-likeness (QED) is 0.697. The van der Waals surface area contributed by atoms with Crippen molar-refractivity contribution in [2.24, 2.45) is 7.05 Å². The Kier molecular flexibility index (Phi) is 7.37. The topological polar surface area (TPSA) is 76.0 Å². The van der Waals surface area contributed by atoms with E-state index in [1.54, 1.807) is 7.05 Å². The fraction of sp³-hybridized carbons (Fsp3) is 0.667. The van der Waals surface area contributed by atoms with Crippen molar-refractivity contribution in [2.75, 3.05) is 19.6 Å². The van der Waals surface area contributed by atoms with Gasteiger partial charge in [-0.3, -0.25) is 4.68 Å². The Morgan fingerprint density at radius 2 is 2.06 bits per heavy atom. The van der Waals surface area contributed by atoms with E-state index in [1.807, 2.05) is 0 Å². The van der Waals surface area contributed by atoms with Gasteiger partial charge in [-0.05, 0) is 19.0 Å². The zero-order valence-corrected chi connectivity index (χ0v) is 11.6. The van der Waals surface area contributed by atoms with Gasteiger partial charge in [0.05, 0.1) is 6.20 Å². The van der Waals surface area contributed by atoms with E-state index in [9.17, 15) is 8.42 Å². The molecule has 1 rings (SSSR count). The summed E-state index contributed by atoms with van der Waals surface area (Å²) in [6, 6.07) is 1.47. The van der Waals surface area contributed by atoms with Crippen molar-refractivity contribution >= 4 is 22.4 Å². The lowest BCUT2D eigenvalue weighted by atomic mass is 10.5. The number of aromatic nitrogens is 2. The van der Waals surface area contributed by atoms with E-state index in [2.05, 4.69) is 22.1 Å². The van der Waals surface area contributed by atoms with Crippen LogP contribution in [0.3, 0.4) is 0 Å². The smallest absolute Gasteiger partial charge is 0.257 e. The average molecular weight is 283 g/mol. The Morgan fingerprint density at radius 3 is 2.59 bits per heavy atom. The monoisotopic (exact) mass is 282 g/mol. The van der Waals surface area contributed by atoms with Crippen molar-refractivity contribution in [1.29, 1.82) is 0 Å². The van der Waals surface area contributed by atoms with Gasteiger partial charge >= 0.3 is 0 Å². The van der Waals surface area contributed by atoms with Crippen molar-refractivity contribution in [3.63, 3.8) is 0 Å². The number of hydrogen-bond donors (Lipinski definition) is 2. The Hall–Kier alpha value is -0.630. The molecule has 0 atom stereocenters. The maximum absolute atomic E-state index is 11.7. The summed E-state index contributed by atoms with van der Waals surface area (Å²) in [5.74, 6) is 0. The van der Waals surface area contributed by atoms with Gasteiger partial charge in [-0.15, -0.1) is 12.4 Å². The minimum absolute atomic E-state index is 0. The summed E-state index contributed by atoms with van der Waals surface area (Å²) in [6.07, 6.45) is 2.50. The number of nitrogens with one attached hydrogen (secondary N) is 2. The van der Waals surface area contributed by atoms with Crippen LogP contribution in [0.25, 0.3) is 0 Å². The number of hydrogen-bond acceptors (Lipinski definition) is 4. The van der Waals surface area contributed by atoms with E-state index in [0.29, 0.717) is 13.1 Å². The molecule has 0 saturated carbocycles. The first-order valence-electron chi connectivity index (χ1n) is 5.26. The number of halogens is 1. The highest BCUT2D eigenvalue weighted by Crippen LogP contribution is 2.04. The van der Waals surface area contributed by atoms with E-state index >= 15 is 0 Å². The largest absolute Gasteiger partial charge is 0.315 e. The van der Waals surface area contributed by atoms with Gasteiger partial charge in [0.25, 0.3) is 10.0 Å². The van der Waals surface area contributed by atoms with Crippen LogP contribution in [0.15, 0.2) is 17.3 Å². The second kappa shape index (κ2) is 7.65. The van der Waals surface area contributed by atoms with Gasteiger partial charge in [0.1, 0.15) is 0 Å². The molecule has 0 saturated heterocycles. The summed E-state index contributed by atoms with van der Waals surface area (Å²) in [4.78, 5) is 0. The summed E-state index contributed by atoms with van der Waals surface area (Å²) < 4.78 is 27.3. The Morgan fingerprint density at radius 1 is 1.35 bits per heavy atom. The molecule has 0 radical (unpaired) electrons. The molecule has 0 amide bonds. The third kappa shape index (κ3) is 5.03. The lowest BCUT2D eigenvalue weighted by molar-refractivity contribution is 0.558. The fourth-order valence-electron chi connectivity index (χ4n) is 1.27. The van der Waals surface area contributed by atoms with Gasteiger partial charge in [-0.2, -0.15) is 5.10 Å². The minimum atomic E-state index is -3.42. The molecule has 1 heterocycles. The molecule has 0 bridgehead atoms. The first-order chi connectivity index (χ1) is 7.58. The normalized spacial score (nSPS) is 11.2. The summed E-state index contributed by atoms with van der Waals surface area (Å²) in [5.41, 5.74) is 0. The molecule has 17 heavy (non-hydrogen) atoms. The van der Waals surface area contributed by atoms with Crippen molar-refractivity contribution in [2.45, 2.75) is 18.4 Å². The molecule has 8 heteroatoms. The average Bonchev–Trinajstić information content (AvgIpc) is 2.65. The van der Waals surface area contributed by atoms with E-state index < -0.39 is 10.0 Å². The highest BCUT2D eigenvalue weighted by molar-refractivity contribution is 7.89. The molecule has 0 unspecified atom stereocenters. The van der Waals surface area contributed by atoms with Crippen molar-refractivity contribution in [3.05, 3.63) is 12.3 Å². The van der Waals surface area contributed by atoms with Crippen molar-refractivity contribution < 1.29 is 8.42 Å². The maximum atomic E-state index is 11.7. The summed E-state index contributed by atoms with van der Waals surface area (Å²) in [5, 5.41) is 7.12. The third-order valence-corrected chi connectivity index (χ3v) is 3.61. The van der Waals surface area contributed by atoms with Crippen LogP contribution in [0.5, 0.6) is 0 Å². The third-order valence-electron chi connectivity index (χ3n) is 2.07. The van der Waals surface area contributed by atoms with Crippen LogP contribution in [0.2, 0.25) is 0 Å². The first-order valence-corrected chi connectivity index (χ1v) is 6.74. The van der Waals surface area contributed by atoms with Crippen molar-refractivity contribution in [3.8, 4) is 0 Å². The molecule has 0 fully saturated rings. The van der Waals surface area contributed by atoms with Gasteiger partial charge < -0.3 is 5.32 Å². The molecule has 0 spiro atoms. The first kappa shape index (κ1) is 16.4. The van der Waals surface area contributed by atoms with Gasteiger partial charge in [0.15, 0.2) is 5.03 Å². The van der Waals surface area contributed by atoms with Gasteiger partial charge in [-0.1, -0.05) is 6.92 Å². The van der Waals surface area contributed by atoms with E-state index in [1.165, 1.54) is 16.9 Å². The lowest BCUT2D eigenvalue weighted by Gasteiger charge is -2.07. The Labute approximate surface area is 108 Å². The van der Waals surface area contributed by atoms with Gasteiger partial charge in [0, 0.05) is 20.1 Å². The van der Waals surface area contributed by atoms with Gasteiger partial charge in [-0.25, -0.2) is 13.1 Å². The SMILES string of the molecule is CCCNCCNS(=O)(=O)c1ccnn1C.Cl. The molecule has 0 aliphatic rings. The predicted octanol–water partition coefficient (Wildman–Crippen LogP) is 0.120. The minimum Gasteiger partial charge on any atom is -0.315 e. The molecule has 1 aromatic heterocycles. The highest BCUT2D eigenvalue weighted by atomic mass is 35.5. The lowest BCUT2D eigenvalue weighted by Crippen LogP contribution is -2.33. The maximum Gasteiger partial charge on any atom is 0.257 e. The number of rotatable bonds is 7. The van der Waals surface area contributed by atoms with Crippen LogP contribution in [-0.4, -0.2) is 37.8 Å². The summed E-state index contributed by atoms with van der Waals surface area (Å²) in [6.45, 7) is 3.97. The van der Waals surface area contributed by atoms with Crippen LogP contribution >= 0.6 is 12.4 Å². The molecular weight excluding hydrogens is 264 g/mol. The molecular formula is C9H19ClN4O2S. The molecule has 0 aliphatic heterocycles.